The molecule has 0 unspecified atom stereocenters. The summed E-state index contributed by atoms with van der Waals surface area (Å²) in [5, 5.41) is 12.3. The Kier molecular flexibility index (Phi) is 5.20. The van der Waals surface area contributed by atoms with Crippen LogP contribution in [0, 0.1) is 0 Å². The van der Waals surface area contributed by atoms with E-state index in [2.05, 4.69) is 10.3 Å². The predicted octanol–water partition coefficient (Wildman–Crippen LogP) is 1.25. The van der Waals surface area contributed by atoms with Crippen molar-refractivity contribution in [3.8, 4) is 0 Å². The van der Waals surface area contributed by atoms with Crippen molar-refractivity contribution < 1.29 is 9.90 Å². The van der Waals surface area contributed by atoms with Crippen molar-refractivity contribution in [3.05, 3.63) is 76.3 Å². The van der Waals surface area contributed by atoms with Crippen LogP contribution in [0.2, 0.25) is 0 Å². The van der Waals surface area contributed by atoms with Crippen molar-refractivity contribution in [2.45, 2.75) is 19.6 Å². The molecule has 3 aromatic rings. The third-order valence-corrected chi connectivity index (χ3v) is 3.99. The first-order valence-corrected chi connectivity index (χ1v) is 8.07. The van der Waals surface area contributed by atoms with Gasteiger partial charge in [0.1, 0.15) is 6.54 Å². The number of fused-ring (bicyclic) bond motifs is 1. The number of amides is 1. The Bertz CT molecular complexity index is 933. The number of carbonyl (C=O) groups excluding carboxylic acids is 1. The van der Waals surface area contributed by atoms with E-state index in [0.29, 0.717) is 23.9 Å². The summed E-state index contributed by atoms with van der Waals surface area (Å²) in [6, 6.07) is 14.6. The summed E-state index contributed by atoms with van der Waals surface area (Å²) in [6.07, 6.45) is 2.08. The summed E-state index contributed by atoms with van der Waals surface area (Å²) in [7, 11) is 0. The summed E-state index contributed by atoms with van der Waals surface area (Å²) in [6.45, 7) is 0.443. The van der Waals surface area contributed by atoms with Gasteiger partial charge < -0.3 is 10.4 Å². The number of aliphatic hydroxyl groups excluding tert-OH is 1. The van der Waals surface area contributed by atoms with Crippen LogP contribution in [0.1, 0.15) is 11.1 Å². The molecule has 0 radical (unpaired) electrons. The number of nitrogens with one attached hydrogen (secondary N) is 1. The van der Waals surface area contributed by atoms with Crippen molar-refractivity contribution >= 4 is 16.8 Å². The lowest BCUT2D eigenvalue weighted by atomic mass is 10.1. The molecule has 1 aromatic heterocycles. The molecule has 0 saturated heterocycles. The van der Waals surface area contributed by atoms with Crippen LogP contribution in [0.15, 0.2) is 59.7 Å². The van der Waals surface area contributed by atoms with Crippen LogP contribution in [-0.4, -0.2) is 27.1 Å². The van der Waals surface area contributed by atoms with Gasteiger partial charge in [0.25, 0.3) is 5.56 Å². The van der Waals surface area contributed by atoms with Crippen molar-refractivity contribution in [1.82, 2.24) is 14.9 Å². The highest BCUT2D eigenvalue weighted by Crippen LogP contribution is 2.05. The first kappa shape index (κ1) is 16.9. The van der Waals surface area contributed by atoms with Gasteiger partial charge in [0.2, 0.25) is 5.91 Å². The molecule has 3 rings (SSSR count). The minimum atomic E-state index is -0.230. The molecule has 0 saturated carbocycles. The molecular weight excluding hydrogens is 318 g/mol. The summed E-state index contributed by atoms with van der Waals surface area (Å²) in [5.41, 5.74) is 2.33. The van der Waals surface area contributed by atoms with Crippen LogP contribution in [0.25, 0.3) is 10.9 Å². The summed E-state index contributed by atoms with van der Waals surface area (Å²) in [4.78, 5) is 28.6. The fourth-order valence-electron chi connectivity index (χ4n) is 2.59. The molecule has 128 valence electrons. The Balaban J connectivity index is 1.57. The number of carbonyl (C=O) groups is 1. The molecule has 2 N–H and O–H groups in total. The predicted molar refractivity (Wildman–Crippen MR) is 95.1 cm³/mol. The number of hydrogen-bond acceptors (Lipinski definition) is 4. The average molecular weight is 337 g/mol. The second-order valence-electron chi connectivity index (χ2n) is 5.77. The highest BCUT2D eigenvalue weighted by atomic mass is 16.3. The quantitative estimate of drug-likeness (QED) is 0.709. The minimum absolute atomic E-state index is 0.0194. The third kappa shape index (κ3) is 4.10. The Hall–Kier alpha value is -2.99. The lowest BCUT2D eigenvalue weighted by Crippen LogP contribution is -2.33. The molecule has 1 amide bonds. The molecular formula is C19H19N3O3. The fourth-order valence-corrected chi connectivity index (χ4v) is 2.59. The Morgan fingerprint density at radius 3 is 2.56 bits per heavy atom. The monoisotopic (exact) mass is 337 g/mol. The number of rotatable bonds is 6. The van der Waals surface area contributed by atoms with Gasteiger partial charge in [0, 0.05) is 6.54 Å². The molecule has 25 heavy (non-hydrogen) atoms. The number of nitrogens with zero attached hydrogens (tertiary/aromatic N) is 2. The van der Waals surface area contributed by atoms with E-state index in [0.717, 1.165) is 11.1 Å². The van der Waals surface area contributed by atoms with Gasteiger partial charge >= 0.3 is 0 Å². The topological polar surface area (TPSA) is 84.2 Å². The maximum atomic E-state index is 12.3. The Morgan fingerprint density at radius 2 is 1.80 bits per heavy atom. The van der Waals surface area contributed by atoms with Crippen LogP contribution in [-0.2, 0) is 24.4 Å². The van der Waals surface area contributed by atoms with E-state index < -0.39 is 0 Å². The van der Waals surface area contributed by atoms with E-state index in [1.807, 2.05) is 30.3 Å². The average Bonchev–Trinajstić information content (AvgIpc) is 2.65. The Morgan fingerprint density at radius 1 is 1.08 bits per heavy atom. The molecule has 0 fully saturated rings. The first-order chi connectivity index (χ1) is 12.2. The van der Waals surface area contributed by atoms with Crippen molar-refractivity contribution in [2.75, 3.05) is 6.54 Å². The standard InChI is InChI=1S/C19H19N3O3/c23-12-15-7-5-14(6-8-15)9-10-20-18(24)11-22-13-21-17-4-2-1-3-16(17)19(22)25/h1-8,13,23H,9-12H2,(H,20,24). The molecule has 0 spiro atoms. The normalized spacial score (nSPS) is 10.8. The van der Waals surface area contributed by atoms with Crippen LogP contribution < -0.4 is 10.9 Å². The van der Waals surface area contributed by atoms with Crippen LogP contribution in [0.5, 0.6) is 0 Å². The molecule has 2 aromatic carbocycles. The van der Waals surface area contributed by atoms with E-state index in [1.165, 1.54) is 10.9 Å². The molecule has 1 heterocycles. The zero-order valence-corrected chi connectivity index (χ0v) is 13.7. The molecule has 6 nitrogen and oxygen atoms in total. The van der Waals surface area contributed by atoms with Gasteiger partial charge in [0.05, 0.1) is 23.8 Å². The molecule has 0 bridgehead atoms. The van der Waals surface area contributed by atoms with Crippen LogP contribution in [0.4, 0.5) is 0 Å². The second kappa shape index (κ2) is 7.72. The van der Waals surface area contributed by atoms with Crippen LogP contribution in [0.3, 0.4) is 0 Å². The SMILES string of the molecule is O=C(Cn1cnc2ccccc2c1=O)NCCc1ccc(CO)cc1. The zero-order chi connectivity index (χ0) is 17.6. The van der Waals surface area contributed by atoms with E-state index in [4.69, 9.17) is 5.11 Å². The highest BCUT2D eigenvalue weighted by Gasteiger charge is 2.07. The minimum Gasteiger partial charge on any atom is -0.392 e. The highest BCUT2D eigenvalue weighted by molar-refractivity contribution is 5.78. The lowest BCUT2D eigenvalue weighted by molar-refractivity contribution is -0.121. The number of aromatic nitrogens is 2. The fraction of sp³-hybridized carbons (Fsp3) is 0.211. The van der Waals surface area contributed by atoms with Gasteiger partial charge in [-0.3, -0.25) is 14.2 Å². The summed E-state index contributed by atoms with van der Waals surface area (Å²) in [5.74, 6) is -0.230. The van der Waals surface area contributed by atoms with Gasteiger partial charge in [-0.15, -0.1) is 0 Å². The summed E-state index contributed by atoms with van der Waals surface area (Å²) < 4.78 is 1.31. The Labute approximate surface area is 144 Å². The zero-order valence-electron chi connectivity index (χ0n) is 13.7. The molecule has 0 atom stereocenters. The lowest BCUT2D eigenvalue weighted by Gasteiger charge is -2.08. The maximum absolute atomic E-state index is 12.3. The van der Waals surface area contributed by atoms with E-state index in [9.17, 15) is 9.59 Å². The first-order valence-electron chi connectivity index (χ1n) is 8.07. The van der Waals surface area contributed by atoms with Crippen LogP contribution >= 0.6 is 0 Å². The van der Waals surface area contributed by atoms with Gasteiger partial charge in [0.15, 0.2) is 0 Å². The number of hydrogen-bond donors (Lipinski definition) is 2. The number of aliphatic hydroxyl groups is 1. The largest absolute Gasteiger partial charge is 0.392 e. The number of para-hydroxylation sites is 1. The van der Waals surface area contributed by atoms with Crippen molar-refractivity contribution in [1.29, 1.82) is 0 Å². The van der Waals surface area contributed by atoms with E-state index in [-0.39, 0.29) is 24.6 Å². The molecule has 6 heteroatoms. The van der Waals surface area contributed by atoms with Gasteiger partial charge in [-0.05, 0) is 29.7 Å². The molecule has 0 aliphatic carbocycles. The van der Waals surface area contributed by atoms with Gasteiger partial charge in [-0.2, -0.15) is 0 Å². The van der Waals surface area contributed by atoms with Crippen molar-refractivity contribution in [2.24, 2.45) is 0 Å². The van der Waals surface area contributed by atoms with E-state index in [1.54, 1.807) is 18.2 Å². The molecule has 0 aliphatic rings. The van der Waals surface area contributed by atoms with E-state index >= 15 is 0 Å². The molecule has 0 aliphatic heterocycles. The van der Waals surface area contributed by atoms with Gasteiger partial charge in [-0.1, -0.05) is 36.4 Å². The van der Waals surface area contributed by atoms with Crippen molar-refractivity contribution in [3.63, 3.8) is 0 Å². The maximum Gasteiger partial charge on any atom is 0.261 e. The smallest absolute Gasteiger partial charge is 0.261 e. The second-order valence-corrected chi connectivity index (χ2v) is 5.77. The van der Waals surface area contributed by atoms with Gasteiger partial charge in [-0.25, -0.2) is 4.98 Å². The summed E-state index contributed by atoms with van der Waals surface area (Å²) >= 11 is 0. The number of benzene rings is 2. The third-order valence-electron chi connectivity index (χ3n) is 3.99.